The summed E-state index contributed by atoms with van der Waals surface area (Å²) in [5.41, 5.74) is 1.23. The van der Waals surface area contributed by atoms with Crippen molar-refractivity contribution in [2.75, 3.05) is 6.54 Å². The van der Waals surface area contributed by atoms with Crippen molar-refractivity contribution in [2.45, 2.75) is 31.7 Å². The average Bonchev–Trinajstić information content (AvgIpc) is 2.47. The zero-order chi connectivity index (χ0) is 8.93. The fourth-order valence-electron chi connectivity index (χ4n) is 1.80. The Balaban J connectivity index is 2.06. The van der Waals surface area contributed by atoms with E-state index in [2.05, 4.69) is 15.3 Å². The molecule has 3 nitrogen and oxygen atoms in total. The Labute approximate surface area is 78.6 Å². The molecular formula is C10H15N3. The van der Waals surface area contributed by atoms with Crippen LogP contribution in [0.15, 0.2) is 18.7 Å². The predicted molar refractivity (Wildman–Crippen MR) is 51.2 cm³/mol. The molecule has 0 radical (unpaired) electrons. The fourth-order valence-corrected chi connectivity index (χ4v) is 1.80. The van der Waals surface area contributed by atoms with Crippen molar-refractivity contribution in [1.82, 2.24) is 15.3 Å². The number of nitrogens with zero attached hydrogens (tertiary/aromatic N) is 2. The molecule has 1 unspecified atom stereocenters. The standard InChI is InChI=1S/C10H15N3/c1-2-4-10(13-5-3-1)9-6-11-8-12-7-9/h6-8,10,13H,1-5H2. The highest BCUT2D eigenvalue weighted by Gasteiger charge is 2.13. The topological polar surface area (TPSA) is 37.8 Å². The molecule has 13 heavy (non-hydrogen) atoms. The maximum Gasteiger partial charge on any atom is 0.115 e. The van der Waals surface area contributed by atoms with E-state index in [0.29, 0.717) is 6.04 Å². The monoisotopic (exact) mass is 177 g/mol. The van der Waals surface area contributed by atoms with E-state index in [9.17, 15) is 0 Å². The number of nitrogens with one attached hydrogen (secondary N) is 1. The molecule has 1 atom stereocenters. The molecule has 1 aliphatic rings. The minimum atomic E-state index is 0.476. The third-order valence-corrected chi connectivity index (χ3v) is 2.54. The van der Waals surface area contributed by atoms with Crippen molar-refractivity contribution >= 4 is 0 Å². The van der Waals surface area contributed by atoms with Gasteiger partial charge in [0, 0.05) is 24.0 Å². The van der Waals surface area contributed by atoms with Gasteiger partial charge in [0.15, 0.2) is 0 Å². The zero-order valence-corrected chi connectivity index (χ0v) is 7.74. The lowest BCUT2D eigenvalue weighted by molar-refractivity contribution is 0.531. The second kappa shape index (κ2) is 4.33. The lowest BCUT2D eigenvalue weighted by Gasteiger charge is -2.14. The molecule has 1 N–H and O–H groups in total. The van der Waals surface area contributed by atoms with Gasteiger partial charge in [0.05, 0.1) is 0 Å². The van der Waals surface area contributed by atoms with Gasteiger partial charge >= 0.3 is 0 Å². The van der Waals surface area contributed by atoms with E-state index in [-0.39, 0.29) is 0 Å². The molecule has 1 aliphatic heterocycles. The lowest BCUT2D eigenvalue weighted by Crippen LogP contribution is -2.20. The molecule has 0 spiro atoms. The smallest absolute Gasteiger partial charge is 0.115 e. The van der Waals surface area contributed by atoms with Crippen LogP contribution in [0.3, 0.4) is 0 Å². The van der Waals surface area contributed by atoms with Crippen LogP contribution < -0.4 is 5.32 Å². The van der Waals surface area contributed by atoms with Gasteiger partial charge < -0.3 is 5.32 Å². The molecule has 2 rings (SSSR count). The van der Waals surface area contributed by atoms with Gasteiger partial charge in [-0.25, -0.2) is 9.97 Å². The first kappa shape index (κ1) is 8.63. The molecule has 1 saturated heterocycles. The first-order valence-corrected chi connectivity index (χ1v) is 4.95. The molecular weight excluding hydrogens is 162 g/mol. The minimum Gasteiger partial charge on any atom is -0.310 e. The molecule has 0 aromatic carbocycles. The molecule has 3 heteroatoms. The van der Waals surface area contributed by atoms with Crippen molar-refractivity contribution in [3.8, 4) is 0 Å². The van der Waals surface area contributed by atoms with Gasteiger partial charge in [-0.1, -0.05) is 12.8 Å². The third kappa shape index (κ3) is 2.25. The minimum absolute atomic E-state index is 0.476. The number of rotatable bonds is 1. The van der Waals surface area contributed by atoms with Crippen molar-refractivity contribution in [2.24, 2.45) is 0 Å². The van der Waals surface area contributed by atoms with Crippen LogP contribution in [-0.2, 0) is 0 Å². The van der Waals surface area contributed by atoms with Crippen LogP contribution in [-0.4, -0.2) is 16.5 Å². The number of hydrogen-bond acceptors (Lipinski definition) is 3. The van der Waals surface area contributed by atoms with Crippen LogP contribution in [0.2, 0.25) is 0 Å². The van der Waals surface area contributed by atoms with E-state index in [0.717, 1.165) is 6.54 Å². The Morgan fingerprint density at radius 2 is 2.00 bits per heavy atom. The van der Waals surface area contributed by atoms with Gasteiger partial charge in [-0.3, -0.25) is 0 Å². The Hall–Kier alpha value is -0.960. The molecule has 0 amide bonds. The fraction of sp³-hybridized carbons (Fsp3) is 0.600. The SMILES string of the molecule is c1ncc(C2CCCCCN2)cn1. The summed E-state index contributed by atoms with van der Waals surface area (Å²) in [5, 5.41) is 3.52. The van der Waals surface area contributed by atoms with Crippen LogP contribution in [0.1, 0.15) is 37.3 Å². The van der Waals surface area contributed by atoms with E-state index in [1.807, 2.05) is 12.4 Å². The Bertz CT molecular complexity index is 240. The Kier molecular flexibility index (Phi) is 2.87. The maximum atomic E-state index is 4.04. The van der Waals surface area contributed by atoms with Gasteiger partial charge in [0.25, 0.3) is 0 Å². The zero-order valence-electron chi connectivity index (χ0n) is 7.74. The summed E-state index contributed by atoms with van der Waals surface area (Å²) in [4.78, 5) is 8.08. The average molecular weight is 177 g/mol. The molecule has 1 aromatic heterocycles. The summed E-state index contributed by atoms with van der Waals surface area (Å²) in [7, 11) is 0. The number of aromatic nitrogens is 2. The second-order valence-corrected chi connectivity index (χ2v) is 3.53. The molecule has 1 fully saturated rings. The molecule has 1 aromatic rings. The summed E-state index contributed by atoms with van der Waals surface area (Å²) < 4.78 is 0. The first-order valence-electron chi connectivity index (χ1n) is 4.95. The van der Waals surface area contributed by atoms with E-state index >= 15 is 0 Å². The Morgan fingerprint density at radius 1 is 1.15 bits per heavy atom. The van der Waals surface area contributed by atoms with Crippen molar-refractivity contribution < 1.29 is 0 Å². The van der Waals surface area contributed by atoms with Gasteiger partial charge in [0.1, 0.15) is 6.33 Å². The second-order valence-electron chi connectivity index (χ2n) is 3.53. The largest absolute Gasteiger partial charge is 0.310 e. The maximum absolute atomic E-state index is 4.04. The highest BCUT2D eigenvalue weighted by Crippen LogP contribution is 2.20. The molecule has 2 heterocycles. The summed E-state index contributed by atoms with van der Waals surface area (Å²) >= 11 is 0. The predicted octanol–water partition coefficient (Wildman–Crippen LogP) is 1.68. The van der Waals surface area contributed by atoms with Gasteiger partial charge in [-0.2, -0.15) is 0 Å². The van der Waals surface area contributed by atoms with Crippen LogP contribution in [0.4, 0.5) is 0 Å². The van der Waals surface area contributed by atoms with Crippen LogP contribution in [0, 0.1) is 0 Å². The van der Waals surface area contributed by atoms with Crippen LogP contribution in [0.25, 0.3) is 0 Å². The lowest BCUT2D eigenvalue weighted by atomic mass is 10.1. The van der Waals surface area contributed by atoms with Gasteiger partial charge in [0.2, 0.25) is 0 Å². The molecule has 0 saturated carbocycles. The number of hydrogen-bond donors (Lipinski definition) is 1. The summed E-state index contributed by atoms with van der Waals surface area (Å²) in [5.74, 6) is 0. The van der Waals surface area contributed by atoms with E-state index in [1.54, 1.807) is 6.33 Å². The van der Waals surface area contributed by atoms with E-state index in [4.69, 9.17) is 0 Å². The first-order chi connectivity index (χ1) is 6.47. The van der Waals surface area contributed by atoms with E-state index < -0.39 is 0 Å². The normalized spacial score (nSPS) is 23.8. The van der Waals surface area contributed by atoms with Crippen LogP contribution >= 0.6 is 0 Å². The summed E-state index contributed by atoms with van der Waals surface area (Å²) in [6, 6.07) is 0.476. The van der Waals surface area contributed by atoms with Gasteiger partial charge in [-0.15, -0.1) is 0 Å². The third-order valence-electron chi connectivity index (χ3n) is 2.54. The van der Waals surface area contributed by atoms with Crippen molar-refractivity contribution in [3.05, 3.63) is 24.3 Å². The van der Waals surface area contributed by atoms with Crippen molar-refractivity contribution in [3.63, 3.8) is 0 Å². The highest BCUT2D eigenvalue weighted by molar-refractivity contribution is 5.09. The molecule has 0 bridgehead atoms. The summed E-state index contributed by atoms with van der Waals surface area (Å²) in [6.07, 6.45) is 10.6. The van der Waals surface area contributed by atoms with Crippen molar-refractivity contribution in [1.29, 1.82) is 0 Å². The molecule has 0 aliphatic carbocycles. The quantitative estimate of drug-likeness (QED) is 0.709. The van der Waals surface area contributed by atoms with E-state index in [1.165, 1.54) is 31.2 Å². The molecule has 70 valence electrons. The highest BCUT2D eigenvalue weighted by atomic mass is 14.9. The van der Waals surface area contributed by atoms with Gasteiger partial charge in [-0.05, 0) is 19.4 Å². The summed E-state index contributed by atoms with van der Waals surface area (Å²) in [6.45, 7) is 1.12. The Morgan fingerprint density at radius 3 is 2.85 bits per heavy atom. The van der Waals surface area contributed by atoms with Crippen LogP contribution in [0.5, 0.6) is 0 Å².